The second-order valence-corrected chi connectivity index (χ2v) is 4.97. The van der Waals surface area contributed by atoms with E-state index in [1.807, 2.05) is 6.92 Å². The Labute approximate surface area is 101 Å². The zero-order valence-corrected chi connectivity index (χ0v) is 10.3. The van der Waals surface area contributed by atoms with E-state index in [0.29, 0.717) is 6.42 Å². The third-order valence-corrected chi connectivity index (χ3v) is 3.89. The molecular formula is C13H18O4. The van der Waals surface area contributed by atoms with Crippen LogP contribution < -0.4 is 0 Å². The van der Waals surface area contributed by atoms with Crippen molar-refractivity contribution in [2.75, 3.05) is 0 Å². The average Bonchev–Trinajstić information content (AvgIpc) is 2.28. The van der Waals surface area contributed by atoms with Gasteiger partial charge in [-0.1, -0.05) is 45.1 Å². The molecule has 2 N–H and O–H groups in total. The molecule has 0 saturated heterocycles. The summed E-state index contributed by atoms with van der Waals surface area (Å²) in [6.07, 6.45) is 6.75. The standard InChI is InChI=1S/C13H18O4/c1-4-12(2,3)13(11(16)17)8-6-5-7-9(13)10(14)15/h5-9H,4H2,1-3H3,(H,14,15)(H,16,17). The number of rotatable bonds is 4. The Morgan fingerprint density at radius 3 is 2.29 bits per heavy atom. The van der Waals surface area contributed by atoms with Gasteiger partial charge in [0.1, 0.15) is 5.41 Å². The normalized spacial score (nSPS) is 28.1. The summed E-state index contributed by atoms with van der Waals surface area (Å²) in [5.41, 5.74) is -2.02. The molecule has 0 aromatic heterocycles. The van der Waals surface area contributed by atoms with Crippen molar-refractivity contribution in [3.8, 4) is 0 Å². The van der Waals surface area contributed by atoms with Gasteiger partial charge in [-0.2, -0.15) is 0 Å². The van der Waals surface area contributed by atoms with Crippen molar-refractivity contribution in [1.29, 1.82) is 0 Å². The van der Waals surface area contributed by atoms with E-state index in [2.05, 4.69) is 0 Å². The Morgan fingerprint density at radius 1 is 1.29 bits per heavy atom. The maximum absolute atomic E-state index is 11.6. The molecule has 2 unspecified atom stereocenters. The van der Waals surface area contributed by atoms with Gasteiger partial charge in [0.25, 0.3) is 0 Å². The van der Waals surface area contributed by atoms with E-state index < -0.39 is 28.7 Å². The Morgan fingerprint density at radius 2 is 1.88 bits per heavy atom. The highest BCUT2D eigenvalue weighted by Gasteiger charge is 2.56. The molecule has 17 heavy (non-hydrogen) atoms. The van der Waals surface area contributed by atoms with Crippen molar-refractivity contribution >= 4 is 11.9 Å². The molecule has 0 aromatic rings. The summed E-state index contributed by atoms with van der Waals surface area (Å²) in [5.74, 6) is -3.22. The second kappa shape index (κ2) is 4.35. The van der Waals surface area contributed by atoms with Gasteiger partial charge in [0.2, 0.25) is 0 Å². The highest BCUT2D eigenvalue weighted by atomic mass is 16.4. The molecule has 0 bridgehead atoms. The lowest BCUT2D eigenvalue weighted by Crippen LogP contribution is -2.51. The highest BCUT2D eigenvalue weighted by Crippen LogP contribution is 2.50. The predicted molar refractivity (Wildman–Crippen MR) is 63.5 cm³/mol. The first kappa shape index (κ1) is 13.5. The number of carboxylic acid groups (broad SMARTS) is 2. The molecule has 0 heterocycles. The number of hydrogen-bond acceptors (Lipinski definition) is 2. The highest BCUT2D eigenvalue weighted by molar-refractivity contribution is 5.88. The summed E-state index contributed by atoms with van der Waals surface area (Å²) in [6, 6.07) is 0. The maximum Gasteiger partial charge on any atom is 0.315 e. The van der Waals surface area contributed by atoms with Crippen LogP contribution in [0.2, 0.25) is 0 Å². The number of carbonyl (C=O) groups is 2. The van der Waals surface area contributed by atoms with Gasteiger partial charge < -0.3 is 10.2 Å². The van der Waals surface area contributed by atoms with E-state index in [4.69, 9.17) is 0 Å². The molecule has 0 aromatic carbocycles. The van der Waals surface area contributed by atoms with Crippen LogP contribution in [-0.2, 0) is 9.59 Å². The van der Waals surface area contributed by atoms with Crippen LogP contribution in [0.5, 0.6) is 0 Å². The molecule has 94 valence electrons. The van der Waals surface area contributed by atoms with Crippen molar-refractivity contribution in [3.05, 3.63) is 24.3 Å². The molecule has 1 aliphatic carbocycles. The minimum atomic E-state index is -1.39. The number of aliphatic carboxylic acids is 2. The van der Waals surface area contributed by atoms with Crippen molar-refractivity contribution in [2.24, 2.45) is 16.7 Å². The van der Waals surface area contributed by atoms with Gasteiger partial charge in [-0.25, -0.2) is 0 Å². The quantitative estimate of drug-likeness (QED) is 0.788. The zero-order chi connectivity index (χ0) is 13.3. The minimum absolute atomic E-state index is 0.585. The van der Waals surface area contributed by atoms with Gasteiger partial charge in [0, 0.05) is 0 Å². The van der Waals surface area contributed by atoms with Crippen LogP contribution >= 0.6 is 0 Å². The summed E-state index contributed by atoms with van der Waals surface area (Å²) in [6.45, 7) is 5.46. The first-order chi connectivity index (χ1) is 7.79. The predicted octanol–water partition coefficient (Wildman–Crippen LogP) is 2.32. The third kappa shape index (κ3) is 1.88. The van der Waals surface area contributed by atoms with Gasteiger partial charge >= 0.3 is 11.9 Å². The van der Waals surface area contributed by atoms with Gasteiger partial charge in [-0.3, -0.25) is 9.59 Å². The topological polar surface area (TPSA) is 74.6 Å². The van der Waals surface area contributed by atoms with Crippen molar-refractivity contribution in [1.82, 2.24) is 0 Å². The molecule has 0 saturated carbocycles. The largest absolute Gasteiger partial charge is 0.481 e. The van der Waals surface area contributed by atoms with Crippen LogP contribution in [0.1, 0.15) is 27.2 Å². The fraction of sp³-hybridized carbons (Fsp3) is 0.538. The van der Waals surface area contributed by atoms with E-state index in [0.717, 1.165) is 0 Å². The lowest BCUT2D eigenvalue weighted by Gasteiger charge is -2.44. The molecule has 0 amide bonds. The zero-order valence-electron chi connectivity index (χ0n) is 10.3. The number of hydrogen-bond donors (Lipinski definition) is 2. The van der Waals surface area contributed by atoms with Crippen molar-refractivity contribution in [2.45, 2.75) is 27.2 Å². The molecule has 0 aliphatic heterocycles. The lowest BCUT2D eigenvalue weighted by molar-refractivity contribution is -0.164. The summed E-state index contributed by atoms with van der Waals surface area (Å²) in [5, 5.41) is 18.8. The molecular weight excluding hydrogens is 220 g/mol. The lowest BCUT2D eigenvalue weighted by atomic mass is 9.56. The smallest absolute Gasteiger partial charge is 0.315 e. The first-order valence-corrected chi connectivity index (χ1v) is 5.62. The van der Waals surface area contributed by atoms with Crippen LogP contribution in [-0.4, -0.2) is 22.2 Å². The van der Waals surface area contributed by atoms with Crippen LogP contribution in [0.3, 0.4) is 0 Å². The molecule has 2 atom stereocenters. The Bertz CT molecular complexity index is 392. The maximum atomic E-state index is 11.6. The number of allylic oxidation sites excluding steroid dienone is 2. The summed E-state index contributed by atoms with van der Waals surface area (Å²) >= 11 is 0. The van der Waals surface area contributed by atoms with E-state index in [1.165, 1.54) is 12.2 Å². The fourth-order valence-electron chi connectivity index (χ4n) is 2.35. The van der Waals surface area contributed by atoms with E-state index in [-0.39, 0.29) is 0 Å². The van der Waals surface area contributed by atoms with E-state index in [9.17, 15) is 19.8 Å². The molecule has 4 heteroatoms. The molecule has 0 radical (unpaired) electrons. The SMILES string of the molecule is CCC(C)(C)C1(C(=O)O)C=CC=CC1C(=O)O. The Kier molecular flexibility index (Phi) is 3.45. The molecule has 0 spiro atoms. The molecule has 4 nitrogen and oxygen atoms in total. The van der Waals surface area contributed by atoms with Crippen molar-refractivity contribution < 1.29 is 19.8 Å². The van der Waals surface area contributed by atoms with Crippen LogP contribution in [0, 0.1) is 16.7 Å². The summed E-state index contributed by atoms with van der Waals surface area (Å²) in [7, 11) is 0. The Balaban J connectivity index is 3.42. The summed E-state index contributed by atoms with van der Waals surface area (Å²) < 4.78 is 0. The minimum Gasteiger partial charge on any atom is -0.481 e. The number of carboxylic acids is 2. The monoisotopic (exact) mass is 238 g/mol. The van der Waals surface area contributed by atoms with Gasteiger partial charge in [-0.15, -0.1) is 0 Å². The van der Waals surface area contributed by atoms with Crippen LogP contribution in [0.15, 0.2) is 24.3 Å². The average molecular weight is 238 g/mol. The molecule has 0 fully saturated rings. The first-order valence-electron chi connectivity index (χ1n) is 5.62. The van der Waals surface area contributed by atoms with Gasteiger partial charge in [0.05, 0.1) is 5.92 Å². The van der Waals surface area contributed by atoms with Gasteiger partial charge in [0.15, 0.2) is 0 Å². The second-order valence-electron chi connectivity index (χ2n) is 4.97. The van der Waals surface area contributed by atoms with Crippen molar-refractivity contribution in [3.63, 3.8) is 0 Å². The summed E-state index contributed by atoms with van der Waals surface area (Å²) in [4.78, 5) is 22.9. The third-order valence-electron chi connectivity index (χ3n) is 3.89. The van der Waals surface area contributed by atoms with E-state index in [1.54, 1.807) is 26.0 Å². The fourth-order valence-corrected chi connectivity index (χ4v) is 2.35. The van der Waals surface area contributed by atoms with Crippen LogP contribution in [0.4, 0.5) is 0 Å². The van der Waals surface area contributed by atoms with Crippen LogP contribution in [0.25, 0.3) is 0 Å². The molecule has 1 rings (SSSR count). The molecule has 1 aliphatic rings. The Hall–Kier alpha value is -1.58. The van der Waals surface area contributed by atoms with Gasteiger partial charge in [-0.05, 0) is 11.8 Å². The van der Waals surface area contributed by atoms with E-state index >= 15 is 0 Å².